The second kappa shape index (κ2) is 6.12. The number of hydrogen-bond acceptors (Lipinski definition) is 4. The van der Waals surface area contributed by atoms with E-state index in [0.29, 0.717) is 19.0 Å². The number of rotatable bonds is 5. The molecule has 4 heteroatoms. The van der Waals surface area contributed by atoms with Gasteiger partial charge < -0.3 is 10.5 Å². The topological polar surface area (TPSA) is 61.0 Å². The summed E-state index contributed by atoms with van der Waals surface area (Å²) < 4.78 is 5.83. The van der Waals surface area contributed by atoms with Crippen LogP contribution in [-0.4, -0.2) is 16.5 Å². The molecular formula is C14H17N3O. The fourth-order valence-corrected chi connectivity index (χ4v) is 1.81. The zero-order valence-electron chi connectivity index (χ0n) is 10.5. The third-order valence-corrected chi connectivity index (χ3v) is 2.67. The van der Waals surface area contributed by atoms with E-state index in [4.69, 9.17) is 10.5 Å². The molecule has 0 atom stereocenters. The van der Waals surface area contributed by atoms with Crippen molar-refractivity contribution in [3.8, 4) is 5.75 Å². The molecule has 0 spiro atoms. The van der Waals surface area contributed by atoms with Crippen molar-refractivity contribution in [2.24, 2.45) is 5.73 Å². The van der Waals surface area contributed by atoms with Crippen LogP contribution in [0.5, 0.6) is 5.75 Å². The second-order valence-corrected chi connectivity index (χ2v) is 4.06. The van der Waals surface area contributed by atoms with Crippen LogP contribution in [0.1, 0.15) is 17.0 Å². The average molecular weight is 243 g/mol. The molecule has 0 aliphatic rings. The first-order chi connectivity index (χ1) is 8.81. The summed E-state index contributed by atoms with van der Waals surface area (Å²) in [5, 5.41) is 0. The Morgan fingerprint density at radius 2 is 1.94 bits per heavy atom. The fraction of sp³-hybridized carbons (Fsp3) is 0.286. The van der Waals surface area contributed by atoms with Crippen LogP contribution in [-0.2, 0) is 13.0 Å². The largest absolute Gasteiger partial charge is 0.485 e. The Labute approximate surface area is 107 Å². The van der Waals surface area contributed by atoms with Crippen LogP contribution in [0, 0.1) is 6.92 Å². The van der Waals surface area contributed by atoms with Gasteiger partial charge in [0, 0.05) is 12.4 Å². The highest BCUT2D eigenvalue weighted by atomic mass is 16.5. The number of hydrogen-bond donors (Lipinski definition) is 1. The van der Waals surface area contributed by atoms with Crippen LogP contribution in [0.2, 0.25) is 0 Å². The maximum absolute atomic E-state index is 5.83. The second-order valence-electron chi connectivity index (χ2n) is 4.06. The molecule has 0 aliphatic carbocycles. The van der Waals surface area contributed by atoms with Gasteiger partial charge in [0.15, 0.2) is 5.82 Å². The van der Waals surface area contributed by atoms with E-state index < -0.39 is 0 Å². The molecule has 0 radical (unpaired) electrons. The third-order valence-electron chi connectivity index (χ3n) is 2.67. The minimum Gasteiger partial charge on any atom is -0.485 e. The van der Waals surface area contributed by atoms with Crippen molar-refractivity contribution < 1.29 is 4.74 Å². The summed E-state index contributed by atoms with van der Waals surface area (Å²) in [6, 6.07) is 7.88. The summed E-state index contributed by atoms with van der Waals surface area (Å²) in [5.41, 5.74) is 7.85. The van der Waals surface area contributed by atoms with Gasteiger partial charge in [-0.1, -0.05) is 18.2 Å². The Bertz CT molecular complexity index is 500. The number of nitrogens with zero attached hydrogens (tertiary/aromatic N) is 2. The number of aromatic nitrogens is 2. The van der Waals surface area contributed by atoms with E-state index in [0.717, 1.165) is 23.3 Å². The Morgan fingerprint density at radius 3 is 2.67 bits per heavy atom. The lowest BCUT2D eigenvalue weighted by molar-refractivity contribution is 0.290. The predicted octanol–water partition coefficient (Wildman–Crippen LogP) is 1.87. The maximum atomic E-state index is 5.83. The summed E-state index contributed by atoms with van der Waals surface area (Å²) in [6.07, 6.45) is 4.24. The van der Waals surface area contributed by atoms with Gasteiger partial charge in [-0.25, -0.2) is 9.97 Å². The number of nitrogens with two attached hydrogens (primary N) is 1. The maximum Gasteiger partial charge on any atom is 0.166 e. The van der Waals surface area contributed by atoms with Gasteiger partial charge in [0.2, 0.25) is 0 Å². The van der Waals surface area contributed by atoms with Gasteiger partial charge in [0.1, 0.15) is 12.4 Å². The fourth-order valence-electron chi connectivity index (χ4n) is 1.81. The van der Waals surface area contributed by atoms with Crippen molar-refractivity contribution in [2.45, 2.75) is 20.0 Å². The van der Waals surface area contributed by atoms with Crippen molar-refractivity contribution in [2.75, 3.05) is 6.54 Å². The molecular weight excluding hydrogens is 226 g/mol. The quantitative estimate of drug-likeness (QED) is 0.870. The van der Waals surface area contributed by atoms with Gasteiger partial charge >= 0.3 is 0 Å². The molecule has 1 heterocycles. The number of para-hydroxylation sites is 1. The SMILES string of the molecule is Cc1cccc(CCN)c1OCc1ncccn1. The van der Waals surface area contributed by atoms with Crippen molar-refractivity contribution in [1.82, 2.24) is 9.97 Å². The Hall–Kier alpha value is -1.94. The molecule has 1 aromatic heterocycles. The monoisotopic (exact) mass is 243 g/mol. The molecule has 2 aromatic rings. The number of benzene rings is 1. The van der Waals surface area contributed by atoms with Crippen molar-refractivity contribution >= 4 is 0 Å². The molecule has 94 valence electrons. The average Bonchev–Trinajstić information content (AvgIpc) is 2.40. The number of aryl methyl sites for hydroxylation is 1. The summed E-state index contributed by atoms with van der Waals surface area (Å²) >= 11 is 0. The number of ether oxygens (including phenoxy) is 1. The summed E-state index contributed by atoms with van der Waals surface area (Å²) in [6.45, 7) is 3.02. The lowest BCUT2D eigenvalue weighted by Crippen LogP contribution is -2.07. The van der Waals surface area contributed by atoms with Crippen LogP contribution in [0.15, 0.2) is 36.7 Å². The van der Waals surface area contributed by atoms with Gasteiger partial charge in [0.05, 0.1) is 0 Å². The van der Waals surface area contributed by atoms with Crippen LogP contribution < -0.4 is 10.5 Å². The highest BCUT2D eigenvalue weighted by Gasteiger charge is 2.07. The van der Waals surface area contributed by atoms with E-state index in [1.165, 1.54) is 0 Å². The van der Waals surface area contributed by atoms with Gasteiger partial charge in [-0.15, -0.1) is 0 Å². The van der Waals surface area contributed by atoms with Crippen LogP contribution in [0.4, 0.5) is 0 Å². The summed E-state index contributed by atoms with van der Waals surface area (Å²) in [7, 11) is 0. The minimum absolute atomic E-state index is 0.378. The van der Waals surface area contributed by atoms with Crippen molar-refractivity contribution in [3.05, 3.63) is 53.6 Å². The lowest BCUT2D eigenvalue weighted by Gasteiger charge is -2.13. The van der Waals surface area contributed by atoms with Gasteiger partial charge in [0.25, 0.3) is 0 Å². The molecule has 2 rings (SSSR count). The first kappa shape index (κ1) is 12.5. The Kier molecular flexibility index (Phi) is 4.25. The Balaban J connectivity index is 2.13. The van der Waals surface area contributed by atoms with Gasteiger partial charge in [-0.05, 0) is 37.1 Å². The van der Waals surface area contributed by atoms with Gasteiger partial charge in [-0.2, -0.15) is 0 Å². The third kappa shape index (κ3) is 3.05. The highest BCUT2D eigenvalue weighted by molar-refractivity contribution is 5.41. The molecule has 4 nitrogen and oxygen atoms in total. The van der Waals surface area contributed by atoms with E-state index >= 15 is 0 Å². The van der Waals surface area contributed by atoms with Crippen molar-refractivity contribution in [3.63, 3.8) is 0 Å². The van der Waals surface area contributed by atoms with E-state index in [-0.39, 0.29) is 0 Å². The lowest BCUT2D eigenvalue weighted by atomic mass is 10.1. The summed E-state index contributed by atoms with van der Waals surface area (Å²) in [5.74, 6) is 1.58. The first-order valence-corrected chi connectivity index (χ1v) is 5.98. The van der Waals surface area contributed by atoms with Gasteiger partial charge in [-0.3, -0.25) is 0 Å². The predicted molar refractivity (Wildman–Crippen MR) is 70.3 cm³/mol. The molecule has 0 saturated heterocycles. The van der Waals surface area contributed by atoms with Crippen LogP contribution in [0.3, 0.4) is 0 Å². The van der Waals surface area contributed by atoms with E-state index in [1.807, 2.05) is 25.1 Å². The first-order valence-electron chi connectivity index (χ1n) is 5.98. The van der Waals surface area contributed by atoms with Crippen LogP contribution >= 0.6 is 0 Å². The van der Waals surface area contributed by atoms with Crippen LogP contribution in [0.25, 0.3) is 0 Å². The molecule has 0 saturated carbocycles. The summed E-state index contributed by atoms with van der Waals surface area (Å²) in [4.78, 5) is 8.28. The highest BCUT2D eigenvalue weighted by Crippen LogP contribution is 2.24. The minimum atomic E-state index is 0.378. The molecule has 0 bridgehead atoms. The normalized spacial score (nSPS) is 10.3. The molecule has 0 unspecified atom stereocenters. The van der Waals surface area contributed by atoms with E-state index in [9.17, 15) is 0 Å². The Morgan fingerprint density at radius 1 is 1.17 bits per heavy atom. The van der Waals surface area contributed by atoms with E-state index in [1.54, 1.807) is 18.5 Å². The standard InChI is InChI=1S/C14H17N3O/c1-11-4-2-5-12(6-7-15)14(11)18-10-13-16-8-3-9-17-13/h2-5,8-9H,6-7,10,15H2,1H3. The smallest absolute Gasteiger partial charge is 0.166 e. The zero-order valence-corrected chi connectivity index (χ0v) is 10.5. The molecule has 18 heavy (non-hydrogen) atoms. The molecule has 0 fully saturated rings. The zero-order chi connectivity index (χ0) is 12.8. The molecule has 2 N–H and O–H groups in total. The van der Waals surface area contributed by atoms with Crippen molar-refractivity contribution in [1.29, 1.82) is 0 Å². The molecule has 1 aromatic carbocycles. The van der Waals surface area contributed by atoms with E-state index in [2.05, 4.69) is 9.97 Å². The molecule has 0 amide bonds. The molecule has 0 aliphatic heterocycles.